The molecule has 2 nitrogen and oxygen atoms in total. The van der Waals surface area contributed by atoms with E-state index in [1.165, 1.54) is 5.56 Å². The van der Waals surface area contributed by atoms with E-state index in [9.17, 15) is 4.79 Å². The summed E-state index contributed by atoms with van der Waals surface area (Å²) in [7, 11) is 0. The van der Waals surface area contributed by atoms with Crippen LogP contribution in [0.15, 0.2) is 48.5 Å². The van der Waals surface area contributed by atoms with Crippen molar-refractivity contribution in [1.82, 2.24) is 0 Å². The van der Waals surface area contributed by atoms with E-state index in [0.29, 0.717) is 0 Å². The molecule has 0 saturated heterocycles. The number of benzene rings is 2. The molecule has 1 aliphatic rings. The first kappa shape index (κ1) is 13.6. The number of hydrogen-bond donors (Lipinski definition) is 1. The molecule has 3 rings (SSSR count). The van der Waals surface area contributed by atoms with Crippen LogP contribution in [0.3, 0.4) is 0 Å². The molecule has 0 unspecified atom stereocenters. The molecule has 0 saturated carbocycles. The number of anilines is 1. The van der Waals surface area contributed by atoms with Gasteiger partial charge in [-0.05, 0) is 28.7 Å². The molecule has 1 amide bonds. The molecule has 1 heterocycles. The van der Waals surface area contributed by atoms with Crippen LogP contribution in [0, 0.1) is 0 Å². The summed E-state index contributed by atoms with van der Waals surface area (Å²) in [5, 5.41) is 2.90. The number of carbonyl (C=O) groups excluding carboxylic acids is 1. The van der Waals surface area contributed by atoms with Gasteiger partial charge in [0.25, 0.3) is 5.91 Å². The molecule has 2 heteroatoms. The molecule has 106 valence electrons. The molecule has 0 bridgehead atoms. The maximum Gasteiger partial charge on any atom is 0.256 e. The molecular weight excluding hydrogens is 258 g/mol. The molecule has 0 atom stereocenters. The lowest BCUT2D eigenvalue weighted by atomic mass is 9.86. The van der Waals surface area contributed by atoms with Crippen LogP contribution in [0.25, 0.3) is 11.6 Å². The Balaban J connectivity index is 1.97. The van der Waals surface area contributed by atoms with Crippen molar-refractivity contribution in [2.45, 2.75) is 26.2 Å². The van der Waals surface area contributed by atoms with Crippen LogP contribution in [0.4, 0.5) is 5.69 Å². The molecule has 0 aromatic heterocycles. The fraction of sp³-hybridized carbons (Fsp3) is 0.211. The lowest BCUT2D eigenvalue weighted by molar-refractivity contribution is -0.110. The van der Waals surface area contributed by atoms with Crippen molar-refractivity contribution < 1.29 is 4.79 Å². The number of carbonyl (C=O) groups is 1. The van der Waals surface area contributed by atoms with Gasteiger partial charge in [0.15, 0.2) is 0 Å². The Bertz CT molecular complexity index is 718. The Morgan fingerprint density at radius 2 is 1.62 bits per heavy atom. The molecule has 0 spiro atoms. The van der Waals surface area contributed by atoms with E-state index in [4.69, 9.17) is 0 Å². The third kappa shape index (κ3) is 2.62. The minimum Gasteiger partial charge on any atom is -0.321 e. The van der Waals surface area contributed by atoms with Gasteiger partial charge in [-0.1, -0.05) is 63.2 Å². The third-order valence-corrected chi connectivity index (χ3v) is 3.80. The van der Waals surface area contributed by atoms with E-state index in [-0.39, 0.29) is 11.3 Å². The van der Waals surface area contributed by atoms with Crippen molar-refractivity contribution >= 4 is 23.2 Å². The Morgan fingerprint density at radius 1 is 0.952 bits per heavy atom. The zero-order valence-electron chi connectivity index (χ0n) is 12.6. The van der Waals surface area contributed by atoms with Crippen LogP contribution in [-0.4, -0.2) is 5.91 Å². The first-order chi connectivity index (χ1) is 9.95. The predicted octanol–water partition coefficient (Wildman–Crippen LogP) is 4.48. The van der Waals surface area contributed by atoms with Gasteiger partial charge in [0.2, 0.25) is 0 Å². The molecule has 0 aliphatic carbocycles. The van der Waals surface area contributed by atoms with Crippen molar-refractivity contribution in [2.24, 2.45) is 0 Å². The average molecular weight is 277 g/mol. The Kier molecular flexibility index (Phi) is 3.17. The number of amides is 1. The standard InChI is InChI=1S/C19H19NO/c1-19(2,3)14-10-8-13(9-11-14)12-16-15-6-4-5-7-17(15)20-18(16)21/h4-12H,1-3H3,(H,20,21)/b16-12+. The molecule has 2 aromatic rings. The van der Waals surface area contributed by atoms with Crippen LogP contribution in [0.2, 0.25) is 0 Å². The molecule has 1 aliphatic heterocycles. The van der Waals surface area contributed by atoms with Gasteiger partial charge in [-0.15, -0.1) is 0 Å². The van der Waals surface area contributed by atoms with Crippen molar-refractivity contribution in [3.8, 4) is 0 Å². The number of nitrogens with one attached hydrogen (secondary N) is 1. The van der Waals surface area contributed by atoms with Crippen molar-refractivity contribution in [3.05, 3.63) is 65.2 Å². The van der Waals surface area contributed by atoms with Gasteiger partial charge in [-0.25, -0.2) is 0 Å². The molecular formula is C19H19NO. The van der Waals surface area contributed by atoms with Crippen molar-refractivity contribution in [2.75, 3.05) is 5.32 Å². The summed E-state index contributed by atoms with van der Waals surface area (Å²) in [5.41, 5.74) is 5.07. The minimum atomic E-state index is -0.0314. The van der Waals surface area contributed by atoms with Gasteiger partial charge in [0.1, 0.15) is 0 Å². The van der Waals surface area contributed by atoms with Crippen molar-refractivity contribution in [1.29, 1.82) is 0 Å². The van der Waals surface area contributed by atoms with Crippen molar-refractivity contribution in [3.63, 3.8) is 0 Å². The number of rotatable bonds is 1. The monoisotopic (exact) mass is 277 g/mol. The summed E-state index contributed by atoms with van der Waals surface area (Å²) >= 11 is 0. The second-order valence-corrected chi connectivity index (χ2v) is 6.43. The fourth-order valence-electron chi connectivity index (χ4n) is 2.53. The summed E-state index contributed by atoms with van der Waals surface area (Å²) in [5.74, 6) is -0.0314. The first-order valence-corrected chi connectivity index (χ1v) is 7.18. The van der Waals surface area contributed by atoms with Crippen LogP contribution in [-0.2, 0) is 10.2 Å². The van der Waals surface area contributed by atoms with E-state index in [0.717, 1.165) is 22.4 Å². The predicted molar refractivity (Wildman–Crippen MR) is 88.1 cm³/mol. The summed E-state index contributed by atoms with van der Waals surface area (Å²) in [4.78, 5) is 12.1. The minimum absolute atomic E-state index is 0.0314. The van der Waals surface area contributed by atoms with Crippen LogP contribution >= 0.6 is 0 Å². The lowest BCUT2D eigenvalue weighted by Gasteiger charge is -2.18. The molecule has 21 heavy (non-hydrogen) atoms. The van der Waals surface area contributed by atoms with E-state index in [1.54, 1.807) is 0 Å². The fourth-order valence-corrected chi connectivity index (χ4v) is 2.53. The Morgan fingerprint density at radius 3 is 2.29 bits per heavy atom. The average Bonchev–Trinajstić information content (AvgIpc) is 2.75. The van der Waals surface area contributed by atoms with E-state index >= 15 is 0 Å². The maximum absolute atomic E-state index is 12.1. The summed E-state index contributed by atoms with van der Waals surface area (Å²) < 4.78 is 0. The quantitative estimate of drug-likeness (QED) is 0.765. The number of fused-ring (bicyclic) bond motifs is 1. The van der Waals surface area contributed by atoms with Gasteiger partial charge < -0.3 is 5.32 Å². The molecule has 1 N–H and O–H groups in total. The lowest BCUT2D eigenvalue weighted by Crippen LogP contribution is -2.10. The largest absolute Gasteiger partial charge is 0.321 e. The highest BCUT2D eigenvalue weighted by atomic mass is 16.2. The zero-order chi connectivity index (χ0) is 15.0. The van der Waals surface area contributed by atoms with E-state index < -0.39 is 0 Å². The van der Waals surface area contributed by atoms with Gasteiger partial charge >= 0.3 is 0 Å². The summed E-state index contributed by atoms with van der Waals surface area (Å²) in [6.07, 6.45) is 1.95. The van der Waals surface area contributed by atoms with E-state index in [2.05, 4.69) is 50.4 Å². The first-order valence-electron chi connectivity index (χ1n) is 7.18. The number of hydrogen-bond acceptors (Lipinski definition) is 1. The Hall–Kier alpha value is -2.35. The van der Waals surface area contributed by atoms with E-state index in [1.807, 2.05) is 30.3 Å². The van der Waals surface area contributed by atoms with Gasteiger partial charge in [0, 0.05) is 16.8 Å². The van der Waals surface area contributed by atoms with Crippen LogP contribution in [0.1, 0.15) is 37.5 Å². The smallest absolute Gasteiger partial charge is 0.256 e. The summed E-state index contributed by atoms with van der Waals surface area (Å²) in [6.45, 7) is 6.59. The van der Waals surface area contributed by atoms with Gasteiger partial charge in [0.05, 0.1) is 0 Å². The molecule has 2 aromatic carbocycles. The second kappa shape index (κ2) is 4.88. The Labute approximate surface area is 125 Å². The number of para-hydroxylation sites is 1. The topological polar surface area (TPSA) is 29.1 Å². The van der Waals surface area contributed by atoms with Crippen LogP contribution < -0.4 is 5.32 Å². The van der Waals surface area contributed by atoms with Gasteiger partial charge in [-0.2, -0.15) is 0 Å². The third-order valence-electron chi connectivity index (χ3n) is 3.80. The normalized spacial score (nSPS) is 16.0. The molecule has 0 radical (unpaired) electrons. The van der Waals surface area contributed by atoms with Crippen LogP contribution in [0.5, 0.6) is 0 Å². The molecule has 0 fully saturated rings. The van der Waals surface area contributed by atoms with Gasteiger partial charge in [-0.3, -0.25) is 4.79 Å². The summed E-state index contributed by atoms with van der Waals surface area (Å²) in [6, 6.07) is 16.2. The maximum atomic E-state index is 12.1. The highest BCUT2D eigenvalue weighted by Gasteiger charge is 2.23. The SMILES string of the molecule is CC(C)(C)c1ccc(/C=C2/C(=O)Nc3ccccc32)cc1. The highest BCUT2D eigenvalue weighted by Crippen LogP contribution is 2.33. The zero-order valence-corrected chi connectivity index (χ0v) is 12.6. The second-order valence-electron chi connectivity index (χ2n) is 6.43. The highest BCUT2D eigenvalue weighted by molar-refractivity contribution is 6.34.